The number of hydrogen-bond donors (Lipinski definition) is 1. The number of halogens is 1. The van der Waals surface area contributed by atoms with E-state index in [0.29, 0.717) is 30.2 Å². The average Bonchev–Trinajstić information content (AvgIpc) is 3.29. The number of carboxylic acid groups (broad SMARTS) is 1. The maximum Gasteiger partial charge on any atom is 0.314 e. The van der Waals surface area contributed by atoms with Crippen LogP contribution in [0.3, 0.4) is 0 Å². The van der Waals surface area contributed by atoms with E-state index in [1.54, 1.807) is 6.07 Å². The van der Waals surface area contributed by atoms with E-state index in [1.165, 1.54) is 0 Å². The lowest BCUT2D eigenvalue weighted by Crippen LogP contribution is -2.19. The normalized spacial score (nSPS) is 15.4. The molecule has 2 aromatic rings. The monoisotopic (exact) mass is 316 g/mol. The minimum atomic E-state index is -0.777. The molecule has 2 aromatic carbocycles. The first kappa shape index (κ1) is 14.9. The summed E-state index contributed by atoms with van der Waals surface area (Å²) >= 11 is 6.32. The van der Waals surface area contributed by atoms with Crippen molar-refractivity contribution in [3.8, 4) is 5.75 Å². The van der Waals surface area contributed by atoms with E-state index >= 15 is 0 Å². The van der Waals surface area contributed by atoms with Crippen molar-refractivity contribution >= 4 is 17.6 Å². The standard InChI is InChI=1S/C18H17ClO3/c1-12-9-14(18(7-8-18)17(20)21)10-15(19)16(12)22-11-13-5-3-2-4-6-13/h2-6,9-10H,7-8,11H2,1H3,(H,20,21). The molecule has 0 radical (unpaired) electrons. The first-order valence-corrected chi connectivity index (χ1v) is 7.61. The van der Waals surface area contributed by atoms with E-state index in [2.05, 4.69) is 0 Å². The zero-order valence-corrected chi connectivity index (χ0v) is 13.1. The smallest absolute Gasteiger partial charge is 0.314 e. The highest BCUT2D eigenvalue weighted by Crippen LogP contribution is 2.50. The van der Waals surface area contributed by atoms with Gasteiger partial charge >= 0.3 is 5.97 Å². The van der Waals surface area contributed by atoms with Gasteiger partial charge in [0.25, 0.3) is 0 Å². The third-order valence-corrected chi connectivity index (χ3v) is 4.45. The zero-order valence-electron chi connectivity index (χ0n) is 12.3. The van der Waals surface area contributed by atoms with Gasteiger partial charge in [0.05, 0.1) is 10.4 Å². The molecule has 22 heavy (non-hydrogen) atoms. The number of rotatable bonds is 5. The second-order valence-electron chi connectivity index (χ2n) is 5.77. The van der Waals surface area contributed by atoms with Gasteiger partial charge in [0.1, 0.15) is 12.4 Å². The lowest BCUT2D eigenvalue weighted by Gasteiger charge is -2.16. The van der Waals surface area contributed by atoms with E-state index in [0.717, 1.165) is 16.7 Å². The largest absolute Gasteiger partial charge is 0.487 e. The summed E-state index contributed by atoms with van der Waals surface area (Å²) in [6.07, 6.45) is 1.34. The molecule has 0 unspecified atom stereocenters. The second-order valence-corrected chi connectivity index (χ2v) is 6.17. The molecule has 1 saturated carbocycles. The molecule has 1 N–H and O–H groups in total. The van der Waals surface area contributed by atoms with Gasteiger partial charge in [-0.15, -0.1) is 0 Å². The molecule has 0 aromatic heterocycles. The second kappa shape index (κ2) is 5.65. The van der Waals surface area contributed by atoms with Crippen molar-refractivity contribution in [2.24, 2.45) is 0 Å². The van der Waals surface area contributed by atoms with Gasteiger partial charge in [-0.1, -0.05) is 48.0 Å². The Kier molecular flexibility index (Phi) is 3.83. The summed E-state index contributed by atoms with van der Waals surface area (Å²) in [5, 5.41) is 9.86. The molecular formula is C18H17ClO3. The summed E-state index contributed by atoms with van der Waals surface area (Å²) in [5.74, 6) is -0.156. The van der Waals surface area contributed by atoms with Crippen LogP contribution in [-0.4, -0.2) is 11.1 Å². The van der Waals surface area contributed by atoms with Crippen molar-refractivity contribution < 1.29 is 14.6 Å². The van der Waals surface area contributed by atoms with Crippen molar-refractivity contribution in [1.82, 2.24) is 0 Å². The van der Waals surface area contributed by atoms with Crippen molar-refractivity contribution in [2.75, 3.05) is 0 Å². The zero-order chi connectivity index (χ0) is 15.7. The van der Waals surface area contributed by atoms with Gasteiger partial charge in [0.2, 0.25) is 0 Å². The summed E-state index contributed by atoms with van der Waals surface area (Å²) in [4.78, 5) is 11.4. The number of ether oxygens (including phenoxy) is 1. The molecule has 0 saturated heterocycles. The molecule has 0 atom stereocenters. The molecule has 1 aliphatic carbocycles. The summed E-state index contributed by atoms with van der Waals surface area (Å²) in [6, 6.07) is 13.5. The summed E-state index contributed by atoms with van der Waals surface area (Å²) in [7, 11) is 0. The van der Waals surface area contributed by atoms with Gasteiger partial charge in [-0.3, -0.25) is 4.79 Å². The highest BCUT2D eigenvalue weighted by molar-refractivity contribution is 6.32. The Hall–Kier alpha value is -2.00. The number of hydrogen-bond acceptors (Lipinski definition) is 2. The van der Waals surface area contributed by atoms with E-state index in [-0.39, 0.29) is 0 Å². The molecule has 0 spiro atoms. The highest BCUT2D eigenvalue weighted by atomic mass is 35.5. The molecule has 0 aliphatic heterocycles. The van der Waals surface area contributed by atoms with Crippen LogP contribution >= 0.6 is 11.6 Å². The van der Waals surface area contributed by atoms with E-state index in [4.69, 9.17) is 16.3 Å². The maximum absolute atomic E-state index is 11.4. The van der Waals surface area contributed by atoms with Crippen molar-refractivity contribution in [3.63, 3.8) is 0 Å². The molecular weight excluding hydrogens is 300 g/mol. The summed E-state index contributed by atoms with van der Waals surface area (Å²) < 4.78 is 5.82. The number of aryl methyl sites for hydroxylation is 1. The highest BCUT2D eigenvalue weighted by Gasteiger charge is 2.52. The number of benzene rings is 2. The van der Waals surface area contributed by atoms with Crippen LogP contribution in [0.2, 0.25) is 5.02 Å². The Labute approximate surface area is 134 Å². The molecule has 114 valence electrons. The van der Waals surface area contributed by atoms with Gasteiger partial charge in [-0.25, -0.2) is 0 Å². The Bertz CT molecular complexity index is 683. The van der Waals surface area contributed by atoms with E-state index in [1.807, 2.05) is 43.3 Å². The first-order valence-electron chi connectivity index (χ1n) is 7.24. The number of carboxylic acids is 1. The minimum absolute atomic E-state index is 0.435. The van der Waals surface area contributed by atoms with Crippen molar-refractivity contribution in [1.29, 1.82) is 0 Å². The molecule has 1 fully saturated rings. The topological polar surface area (TPSA) is 46.5 Å². The molecule has 3 nitrogen and oxygen atoms in total. The van der Waals surface area contributed by atoms with Gasteiger partial charge in [-0.2, -0.15) is 0 Å². The van der Waals surface area contributed by atoms with Gasteiger partial charge in [0.15, 0.2) is 0 Å². The van der Waals surface area contributed by atoms with Crippen LogP contribution in [0.5, 0.6) is 5.75 Å². The predicted molar refractivity (Wildman–Crippen MR) is 85.5 cm³/mol. The Morgan fingerprint density at radius 2 is 1.95 bits per heavy atom. The quantitative estimate of drug-likeness (QED) is 0.892. The van der Waals surface area contributed by atoms with Crippen LogP contribution in [0, 0.1) is 6.92 Å². The van der Waals surface area contributed by atoms with Crippen molar-refractivity contribution in [2.45, 2.75) is 31.8 Å². The molecule has 0 heterocycles. The Balaban J connectivity index is 1.83. The third-order valence-electron chi connectivity index (χ3n) is 4.17. The molecule has 4 heteroatoms. The van der Waals surface area contributed by atoms with Crippen LogP contribution in [-0.2, 0) is 16.8 Å². The molecule has 1 aliphatic rings. The SMILES string of the molecule is Cc1cc(C2(C(=O)O)CC2)cc(Cl)c1OCc1ccccc1. The van der Waals surface area contributed by atoms with E-state index < -0.39 is 11.4 Å². The van der Waals surface area contributed by atoms with E-state index in [9.17, 15) is 9.90 Å². The lowest BCUT2D eigenvalue weighted by molar-refractivity contribution is -0.140. The molecule has 0 bridgehead atoms. The molecule has 0 amide bonds. The molecule has 3 rings (SSSR count). The van der Waals surface area contributed by atoms with Gasteiger partial charge in [0, 0.05) is 0 Å². The Morgan fingerprint density at radius 3 is 2.50 bits per heavy atom. The van der Waals surface area contributed by atoms with Crippen LogP contribution in [0.4, 0.5) is 0 Å². The first-order chi connectivity index (χ1) is 10.5. The van der Waals surface area contributed by atoms with Gasteiger partial charge in [-0.05, 0) is 42.5 Å². The summed E-state index contributed by atoms with van der Waals surface area (Å²) in [6.45, 7) is 2.33. The van der Waals surface area contributed by atoms with Gasteiger partial charge < -0.3 is 9.84 Å². The van der Waals surface area contributed by atoms with Crippen LogP contribution < -0.4 is 4.74 Å². The fourth-order valence-corrected chi connectivity index (χ4v) is 2.99. The minimum Gasteiger partial charge on any atom is -0.487 e. The average molecular weight is 317 g/mol. The Morgan fingerprint density at radius 1 is 1.27 bits per heavy atom. The third kappa shape index (κ3) is 2.69. The lowest BCUT2D eigenvalue weighted by atomic mass is 9.94. The number of carbonyl (C=O) groups is 1. The number of aliphatic carboxylic acids is 1. The summed E-state index contributed by atoms with van der Waals surface area (Å²) in [5.41, 5.74) is 1.96. The van der Waals surface area contributed by atoms with Crippen molar-refractivity contribution in [3.05, 3.63) is 64.2 Å². The fraction of sp³-hybridized carbons (Fsp3) is 0.278. The fourth-order valence-electron chi connectivity index (χ4n) is 2.67. The van der Waals surface area contributed by atoms with Crippen LogP contribution in [0.1, 0.15) is 29.5 Å². The maximum atomic E-state index is 11.4. The van der Waals surface area contributed by atoms with Crippen LogP contribution in [0.25, 0.3) is 0 Å². The van der Waals surface area contributed by atoms with Crippen LogP contribution in [0.15, 0.2) is 42.5 Å². The predicted octanol–water partition coefficient (Wildman–Crippen LogP) is 4.34.